The van der Waals surface area contributed by atoms with Gasteiger partial charge in [0.25, 0.3) is 0 Å². The smallest absolute Gasteiger partial charge is 0.341 e. The van der Waals surface area contributed by atoms with Gasteiger partial charge in [-0.25, -0.2) is 4.79 Å². The zero-order chi connectivity index (χ0) is 20.2. The Morgan fingerprint density at radius 1 is 1.15 bits per heavy atom. The van der Waals surface area contributed by atoms with E-state index in [1.807, 2.05) is 0 Å². The van der Waals surface area contributed by atoms with Crippen LogP contribution in [0.2, 0.25) is 0 Å². The molecule has 27 heavy (non-hydrogen) atoms. The second kappa shape index (κ2) is 12.6. The van der Waals surface area contributed by atoms with Gasteiger partial charge < -0.3 is 14.6 Å². The molecule has 0 bridgehead atoms. The summed E-state index contributed by atoms with van der Waals surface area (Å²) in [4.78, 5) is 15.0. The predicted molar refractivity (Wildman–Crippen MR) is 110 cm³/mol. The Labute approximate surface area is 164 Å². The van der Waals surface area contributed by atoms with Crippen molar-refractivity contribution in [3.63, 3.8) is 0 Å². The minimum Gasteiger partial charge on any atom is -0.508 e. The van der Waals surface area contributed by atoms with Gasteiger partial charge in [-0.1, -0.05) is 41.0 Å². The predicted octanol–water partition coefficient (Wildman–Crippen LogP) is 4.87. The Hall–Kier alpha value is -1.75. The van der Waals surface area contributed by atoms with E-state index in [2.05, 4.69) is 39.5 Å². The summed E-state index contributed by atoms with van der Waals surface area (Å²) >= 11 is 0. The fraction of sp³-hybridized carbons (Fsp3) is 0.682. The van der Waals surface area contributed by atoms with Gasteiger partial charge in [-0.05, 0) is 50.4 Å². The highest BCUT2D eigenvalue weighted by Gasteiger charge is 2.21. The molecule has 0 heterocycles. The first-order chi connectivity index (χ1) is 12.9. The average molecular weight is 380 g/mol. The number of rotatable bonds is 13. The van der Waals surface area contributed by atoms with Crippen LogP contribution in [-0.2, 0) is 4.74 Å². The van der Waals surface area contributed by atoms with Crippen molar-refractivity contribution >= 4 is 5.97 Å². The van der Waals surface area contributed by atoms with E-state index in [1.54, 1.807) is 6.07 Å². The molecule has 0 aliphatic heterocycles. The van der Waals surface area contributed by atoms with Crippen molar-refractivity contribution in [2.75, 3.05) is 26.3 Å². The summed E-state index contributed by atoms with van der Waals surface area (Å²) in [5.74, 6) is 0.684. The molecule has 1 atom stereocenters. The van der Waals surface area contributed by atoms with Crippen molar-refractivity contribution in [3.8, 4) is 11.5 Å². The van der Waals surface area contributed by atoms with Gasteiger partial charge in [0.2, 0.25) is 0 Å². The number of phenolic OH excluding ortho intramolecular Hbond substituents is 1. The summed E-state index contributed by atoms with van der Waals surface area (Å²) < 4.78 is 11.3. The number of unbranched alkanes of at least 4 members (excludes halogenated alkanes) is 1. The first-order valence-corrected chi connectivity index (χ1v) is 10.3. The lowest BCUT2D eigenvalue weighted by Gasteiger charge is -2.30. The average Bonchev–Trinajstić information content (AvgIpc) is 2.64. The molecule has 0 radical (unpaired) electrons. The van der Waals surface area contributed by atoms with Crippen LogP contribution in [0, 0.1) is 5.92 Å². The zero-order valence-electron chi connectivity index (χ0n) is 17.7. The number of carbonyl (C=O) groups is 1. The molecule has 0 unspecified atom stereocenters. The summed E-state index contributed by atoms with van der Waals surface area (Å²) in [6.45, 7) is 13.5. The SMILES string of the molecule is CCCCOc1cc(O)ccc1C(=O)OC[C@H](CCC(C)C)N(CC)CC. The Balaban J connectivity index is 2.79. The van der Waals surface area contributed by atoms with E-state index in [-0.39, 0.29) is 11.8 Å². The number of likely N-dealkylation sites (N-methyl/N-ethyl adjacent to an activating group) is 1. The minimum atomic E-state index is -0.400. The third kappa shape index (κ3) is 8.21. The molecule has 154 valence electrons. The summed E-state index contributed by atoms with van der Waals surface area (Å²) in [6, 6.07) is 4.75. The highest BCUT2D eigenvalue weighted by atomic mass is 16.5. The van der Waals surface area contributed by atoms with Crippen molar-refractivity contribution in [1.82, 2.24) is 4.90 Å². The number of esters is 1. The summed E-state index contributed by atoms with van der Waals surface area (Å²) in [7, 11) is 0. The quantitative estimate of drug-likeness (QED) is 0.391. The van der Waals surface area contributed by atoms with Crippen LogP contribution < -0.4 is 4.74 Å². The van der Waals surface area contributed by atoms with Crippen LogP contribution in [0.25, 0.3) is 0 Å². The molecule has 1 aromatic carbocycles. The molecule has 0 spiro atoms. The van der Waals surface area contributed by atoms with Crippen LogP contribution >= 0.6 is 0 Å². The van der Waals surface area contributed by atoms with Gasteiger partial charge in [0.1, 0.15) is 23.7 Å². The first kappa shape index (κ1) is 23.3. The molecule has 0 fully saturated rings. The van der Waals surface area contributed by atoms with E-state index in [9.17, 15) is 9.90 Å². The van der Waals surface area contributed by atoms with Crippen molar-refractivity contribution in [1.29, 1.82) is 0 Å². The number of phenols is 1. The fourth-order valence-electron chi connectivity index (χ4n) is 3.01. The molecule has 0 saturated carbocycles. The Bertz CT molecular complexity index is 555. The lowest BCUT2D eigenvalue weighted by Crippen LogP contribution is -2.39. The summed E-state index contributed by atoms with van der Waals surface area (Å²) in [5.41, 5.74) is 0.367. The van der Waals surface area contributed by atoms with Crippen LogP contribution in [0.3, 0.4) is 0 Å². The topological polar surface area (TPSA) is 59.0 Å². The van der Waals surface area contributed by atoms with Crippen LogP contribution in [0.4, 0.5) is 0 Å². The number of nitrogens with zero attached hydrogens (tertiary/aromatic N) is 1. The maximum atomic E-state index is 12.6. The van der Waals surface area contributed by atoms with Crippen LogP contribution in [0.1, 0.15) is 70.7 Å². The van der Waals surface area contributed by atoms with Gasteiger partial charge in [0.05, 0.1) is 6.61 Å². The van der Waals surface area contributed by atoms with Gasteiger partial charge in [-0.3, -0.25) is 4.90 Å². The van der Waals surface area contributed by atoms with Gasteiger partial charge in [-0.2, -0.15) is 0 Å². The third-order valence-corrected chi connectivity index (χ3v) is 4.75. The standard InChI is InChI=1S/C22H37NO4/c1-6-9-14-26-21-15-19(24)12-13-20(21)22(25)27-16-18(11-10-17(4)5)23(7-2)8-3/h12-13,15,17-18,24H,6-11,14,16H2,1-5H3/t18-/m0/s1. The number of hydrogen-bond acceptors (Lipinski definition) is 5. The van der Waals surface area contributed by atoms with E-state index in [0.29, 0.717) is 30.4 Å². The maximum Gasteiger partial charge on any atom is 0.341 e. The minimum absolute atomic E-state index is 0.0796. The highest BCUT2D eigenvalue weighted by molar-refractivity contribution is 5.92. The zero-order valence-corrected chi connectivity index (χ0v) is 17.7. The third-order valence-electron chi connectivity index (χ3n) is 4.75. The van der Waals surface area contributed by atoms with E-state index in [0.717, 1.165) is 38.8 Å². The molecule has 0 aliphatic carbocycles. The summed E-state index contributed by atoms with van der Waals surface area (Å²) in [6.07, 6.45) is 3.99. The molecule has 0 saturated heterocycles. The molecular formula is C22H37NO4. The van der Waals surface area contributed by atoms with Gasteiger partial charge in [0.15, 0.2) is 0 Å². The number of ether oxygens (including phenoxy) is 2. The fourth-order valence-corrected chi connectivity index (χ4v) is 3.01. The van der Waals surface area contributed by atoms with E-state index < -0.39 is 5.97 Å². The first-order valence-electron chi connectivity index (χ1n) is 10.3. The number of hydrogen-bond donors (Lipinski definition) is 1. The maximum absolute atomic E-state index is 12.6. The lowest BCUT2D eigenvalue weighted by molar-refractivity contribution is 0.0337. The Morgan fingerprint density at radius 3 is 2.44 bits per heavy atom. The molecule has 5 nitrogen and oxygen atoms in total. The molecule has 0 amide bonds. The number of benzene rings is 1. The molecular weight excluding hydrogens is 342 g/mol. The van der Waals surface area contributed by atoms with Crippen LogP contribution in [-0.4, -0.2) is 48.3 Å². The van der Waals surface area contributed by atoms with E-state index in [4.69, 9.17) is 9.47 Å². The van der Waals surface area contributed by atoms with Crippen molar-refractivity contribution < 1.29 is 19.4 Å². The monoisotopic (exact) mass is 379 g/mol. The van der Waals surface area contributed by atoms with Crippen LogP contribution in [0.15, 0.2) is 18.2 Å². The Kier molecular flexibility index (Phi) is 10.9. The molecule has 0 aromatic heterocycles. The molecule has 1 N–H and O–H groups in total. The molecule has 5 heteroatoms. The second-order valence-corrected chi connectivity index (χ2v) is 7.33. The molecule has 1 rings (SSSR count). The van der Waals surface area contributed by atoms with E-state index in [1.165, 1.54) is 12.1 Å². The summed E-state index contributed by atoms with van der Waals surface area (Å²) in [5, 5.41) is 9.71. The molecule has 0 aliphatic rings. The van der Waals surface area contributed by atoms with Gasteiger partial charge in [-0.15, -0.1) is 0 Å². The highest BCUT2D eigenvalue weighted by Crippen LogP contribution is 2.25. The van der Waals surface area contributed by atoms with Gasteiger partial charge in [0, 0.05) is 12.1 Å². The van der Waals surface area contributed by atoms with E-state index >= 15 is 0 Å². The van der Waals surface area contributed by atoms with Crippen molar-refractivity contribution in [3.05, 3.63) is 23.8 Å². The number of aromatic hydroxyl groups is 1. The second-order valence-electron chi connectivity index (χ2n) is 7.33. The molecule has 1 aromatic rings. The largest absolute Gasteiger partial charge is 0.508 e. The van der Waals surface area contributed by atoms with Crippen LogP contribution in [0.5, 0.6) is 11.5 Å². The normalized spacial score (nSPS) is 12.4. The Morgan fingerprint density at radius 2 is 1.85 bits per heavy atom. The van der Waals surface area contributed by atoms with Gasteiger partial charge >= 0.3 is 5.97 Å². The number of carbonyl (C=O) groups excluding carboxylic acids is 1. The lowest BCUT2D eigenvalue weighted by atomic mass is 10.0. The van der Waals surface area contributed by atoms with Crippen molar-refractivity contribution in [2.24, 2.45) is 5.92 Å². The van der Waals surface area contributed by atoms with Crippen molar-refractivity contribution in [2.45, 2.75) is 66.3 Å².